The number of aromatic nitrogens is 4. The first-order valence-corrected chi connectivity index (χ1v) is 15.6. The molecular weight excluding hydrogens is 605 g/mol. The van der Waals surface area contributed by atoms with Crippen molar-refractivity contribution in [2.24, 2.45) is 0 Å². The van der Waals surface area contributed by atoms with Gasteiger partial charge in [0, 0.05) is 64.5 Å². The highest BCUT2D eigenvalue weighted by atomic mass is 35.5. The number of hydrogen-bond donors (Lipinski definition) is 3. The number of rotatable bonds is 7. The summed E-state index contributed by atoms with van der Waals surface area (Å²) >= 11 is 12.7. The number of pyridine rings is 1. The number of piperazine rings is 1. The summed E-state index contributed by atoms with van der Waals surface area (Å²) in [7, 11) is 0. The highest BCUT2D eigenvalue weighted by Crippen LogP contribution is 2.41. The number of H-pyrrole nitrogens is 1. The van der Waals surface area contributed by atoms with Crippen molar-refractivity contribution >= 4 is 51.5 Å². The van der Waals surface area contributed by atoms with Gasteiger partial charge in [0.1, 0.15) is 5.69 Å². The Morgan fingerprint density at radius 1 is 0.911 bits per heavy atom. The number of nitrogens with zero attached hydrogens (tertiary/aromatic N) is 4. The topological polar surface area (TPSA) is 90.9 Å². The van der Waals surface area contributed by atoms with E-state index in [1.165, 1.54) is 0 Å². The largest absolute Gasteiger partial charge is 0.352 e. The average Bonchev–Trinajstić information content (AvgIpc) is 3.67. The maximum absolute atomic E-state index is 14.4. The lowest BCUT2D eigenvalue weighted by Crippen LogP contribution is -2.44. The monoisotopic (exact) mass is 635 g/mol. The van der Waals surface area contributed by atoms with E-state index in [2.05, 4.69) is 37.0 Å². The molecule has 3 aromatic carbocycles. The van der Waals surface area contributed by atoms with Crippen LogP contribution in [0.1, 0.15) is 29.0 Å². The predicted molar refractivity (Wildman–Crippen MR) is 183 cm³/mol. The minimum absolute atomic E-state index is 0.118. The number of benzene rings is 3. The molecule has 10 heteroatoms. The fourth-order valence-corrected chi connectivity index (χ4v) is 6.30. The van der Waals surface area contributed by atoms with Gasteiger partial charge in [-0.2, -0.15) is 0 Å². The molecular formula is C35H31Cl2N7O. The first kappa shape index (κ1) is 29.1. The SMILES string of the molecule is C[C@@H](c1ccc(Cl)cc1)n1cnc(-c2ccccc2)c1-c1c(C(=O)Nc2cccnc2N2CCNCC2)[nH]c2cc(Cl)ccc12. The Morgan fingerprint density at radius 2 is 1.67 bits per heavy atom. The molecule has 1 atom stereocenters. The van der Waals surface area contributed by atoms with Crippen molar-refractivity contribution in [2.75, 3.05) is 36.4 Å². The van der Waals surface area contributed by atoms with E-state index in [1.54, 1.807) is 6.20 Å². The highest BCUT2D eigenvalue weighted by molar-refractivity contribution is 6.31. The Labute approximate surface area is 271 Å². The summed E-state index contributed by atoms with van der Waals surface area (Å²) in [5.41, 5.74) is 6.13. The van der Waals surface area contributed by atoms with Crippen LogP contribution in [0.2, 0.25) is 10.0 Å². The number of amides is 1. The van der Waals surface area contributed by atoms with E-state index < -0.39 is 0 Å². The fourth-order valence-electron chi connectivity index (χ4n) is 6.01. The van der Waals surface area contributed by atoms with Crippen LogP contribution in [0, 0.1) is 0 Å². The number of carbonyl (C=O) groups is 1. The van der Waals surface area contributed by atoms with Gasteiger partial charge in [-0.1, -0.05) is 71.7 Å². The summed E-state index contributed by atoms with van der Waals surface area (Å²) in [6.45, 7) is 5.43. The molecule has 4 heterocycles. The molecule has 0 saturated carbocycles. The van der Waals surface area contributed by atoms with Crippen LogP contribution in [-0.2, 0) is 0 Å². The van der Waals surface area contributed by atoms with Crippen LogP contribution in [-0.4, -0.2) is 51.6 Å². The zero-order valence-electron chi connectivity index (χ0n) is 24.6. The van der Waals surface area contributed by atoms with Gasteiger partial charge in [-0.3, -0.25) is 4.79 Å². The van der Waals surface area contributed by atoms with Gasteiger partial charge in [0.2, 0.25) is 0 Å². The standard InChI is InChI=1S/C35H31Cl2N7O/c1-22(23-9-11-25(36)12-10-23)44-21-40-31(24-6-3-2-4-7-24)33(44)30-27-14-13-26(37)20-29(27)41-32(30)35(45)42-28-8-5-15-39-34(28)43-18-16-38-17-19-43/h2-15,20-22,38,41H,16-19H2,1H3,(H,42,45)/t22-/m0/s1. The second-order valence-electron chi connectivity index (χ2n) is 11.1. The van der Waals surface area contributed by atoms with Crippen molar-refractivity contribution in [2.45, 2.75) is 13.0 Å². The molecule has 0 aliphatic carbocycles. The van der Waals surface area contributed by atoms with Crippen molar-refractivity contribution < 1.29 is 4.79 Å². The van der Waals surface area contributed by atoms with Gasteiger partial charge >= 0.3 is 0 Å². The number of hydrogen-bond acceptors (Lipinski definition) is 5. The zero-order valence-corrected chi connectivity index (χ0v) is 26.1. The Kier molecular flexibility index (Phi) is 8.02. The van der Waals surface area contributed by atoms with E-state index in [1.807, 2.05) is 91.3 Å². The number of fused-ring (bicyclic) bond motifs is 1. The fraction of sp³-hybridized carbons (Fsp3) is 0.171. The highest BCUT2D eigenvalue weighted by Gasteiger charge is 2.28. The summed E-state index contributed by atoms with van der Waals surface area (Å²) < 4.78 is 2.12. The van der Waals surface area contributed by atoms with Gasteiger partial charge in [-0.25, -0.2) is 9.97 Å². The predicted octanol–water partition coefficient (Wildman–Crippen LogP) is 7.67. The van der Waals surface area contributed by atoms with Gasteiger partial charge in [-0.05, 0) is 48.9 Å². The molecule has 1 fully saturated rings. The Hall–Kier alpha value is -4.63. The molecule has 0 unspecified atom stereocenters. The molecule has 6 aromatic rings. The molecule has 45 heavy (non-hydrogen) atoms. The first-order chi connectivity index (χ1) is 22.0. The Balaban J connectivity index is 1.41. The number of imidazole rings is 1. The van der Waals surface area contributed by atoms with E-state index >= 15 is 0 Å². The smallest absolute Gasteiger partial charge is 0.272 e. The molecule has 7 rings (SSSR count). The Bertz CT molecular complexity index is 1980. The molecule has 3 N–H and O–H groups in total. The van der Waals surface area contributed by atoms with E-state index in [4.69, 9.17) is 28.2 Å². The van der Waals surface area contributed by atoms with E-state index in [-0.39, 0.29) is 11.9 Å². The lowest BCUT2D eigenvalue weighted by molar-refractivity contribution is 0.102. The number of anilines is 2. The molecule has 3 aromatic heterocycles. The van der Waals surface area contributed by atoms with Crippen molar-refractivity contribution in [3.8, 4) is 22.5 Å². The molecule has 8 nitrogen and oxygen atoms in total. The maximum atomic E-state index is 14.4. The molecule has 226 valence electrons. The van der Waals surface area contributed by atoms with Crippen LogP contribution in [0.5, 0.6) is 0 Å². The van der Waals surface area contributed by atoms with E-state index in [9.17, 15) is 4.79 Å². The van der Waals surface area contributed by atoms with E-state index in [0.717, 1.165) is 71.0 Å². The summed E-state index contributed by atoms with van der Waals surface area (Å²) in [6.07, 6.45) is 3.60. The Morgan fingerprint density at radius 3 is 2.44 bits per heavy atom. The third kappa shape index (κ3) is 5.68. The second kappa shape index (κ2) is 12.4. The van der Waals surface area contributed by atoms with Gasteiger partial charge in [0.05, 0.1) is 29.4 Å². The summed E-state index contributed by atoms with van der Waals surface area (Å²) in [5.74, 6) is 0.465. The lowest BCUT2D eigenvalue weighted by Gasteiger charge is -2.29. The number of carbonyl (C=O) groups excluding carboxylic acids is 1. The average molecular weight is 637 g/mol. The van der Waals surface area contributed by atoms with Crippen LogP contribution < -0.4 is 15.5 Å². The molecule has 0 radical (unpaired) electrons. The van der Waals surface area contributed by atoms with Crippen LogP contribution in [0.15, 0.2) is 97.5 Å². The minimum Gasteiger partial charge on any atom is -0.352 e. The molecule has 0 bridgehead atoms. The minimum atomic E-state index is -0.285. The second-order valence-corrected chi connectivity index (χ2v) is 11.9. The maximum Gasteiger partial charge on any atom is 0.272 e. The zero-order chi connectivity index (χ0) is 30.9. The van der Waals surface area contributed by atoms with E-state index in [0.29, 0.717) is 21.4 Å². The number of nitrogens with one attached hydrogen (secondary N) is 3. The molecule has 0 spiro atoms. The summed E-state index contributed by atoms with van der Waals surface area (Å²) in [5, 5.41) is 8.65. The van der Waals surface area contributed by atoms with Crippen molar-refractivity contribution in [1.82, 2.24) is 24.8 Å². The quantitative estimate of drug-likeness (QED) is 0.167. The van der Waals surface area contributed by atoms with Crippen LogP contribution in [0.4, 0.5) is 11.5 Å². The van der Waals surface area contributed by atoms with Crippen LogP contribution >= 0.6 is 23.2 Å². The van der Waals surface area contributed by atoms with Gasteiger partial charge in [0.15, 0.2) is 5.82 Å². The first-order valence-electron chi connectivity index (χ1n) is 14.9. The van der Waals surface area contributed by atoms with Gasteiger partial charge in [0.25, 0.3) is 5.91 Å². The van der Waals surface area contributed by atoms with Crippen molar-refractivity contribution in [3.63, 3.8) is 0 Å². The third-order valence-corrected chi connectivity index (χ3v) is 8.77. The third-order valence-electron chi connectivity index (χ3n) is 8.29. The molecule has 1 amide bonds. The normalized spacial score (nSPS) is 14.1. The van der Waals surface area contributed by atoms with Gasteiger partial charge in [-0.15, -0.1) is 0 Å². The summed E-state index contributed by atoms with van der Waals surface area (Å²) in [6, 6.07) is 27.1. The number of aromatic amines is 1. The number of halogens is 2. The molecule has 1 aliphatic rings. The van der Waals surface area contributed by atoms with Crippen molar-refractivity contribution in [1.29, 1.82) is 0 Å². The van der Waals surface area contributed by atoms with Crippen LogP contribution in [0.25, 0.3) is 33.4 Å². The van der Waals surface area contributed by atoms with Gasteiger partial charge < -0.3 is 25.1 Å². The summed E-state index contributed by atoms with van der Waals surface area (Å²) in [4.78, 5) is 29.5. The molecule has 1 aliphatic heterocycles. The van der Waals surface area contributed by atoms with Crippen LogP contribution in [0.3, 0.4) is 0 Å². The molecule has 1 saturated heterocycles. The van der Waals surface area contributed by atoms with Crippen molar-refractivity contribution in [3.05, 3.63) is 119 Å². The lowest BCUT2D eigenvalue weighted by atomic mass is 9.99.